The molecule has 0 radical (unpaired) electrons. The Kier molecular flexibility index (Phi) is 6.13. The second kappa shape index (κ2) is 9.38. The number of methoxy groups -OCH3 is 4. The molecule has 0 N–H and O–H groups in total. The minimum absolute atomic E-state index is 0.0173. The van der Waals surface area contributed by atoms with E-state index in [0.717, 1.165) is 33.8 Å². The summed E-state index contributed by atoms with van der Waals surface area (Å²) in [6.45, 7) is 0.297. The van der Waals surface area contributed by atoms with Gasteiger partial charge in [-0.15, -0.1) is 0 Å². The van der Waals surface area contributed by atoms with Gasteiger partial charge in [0.2, 0.25) is 0 Å². The van der Waals surface area contributed by atoms with Gasteiger partial charge >= 0.3 is 0 Å². The third kappa shape index (κ3) is 3.89. The van der Waals surface area contributed by atoms with Crippen LogP contribution in [0, 0.1) is 0 Å². The largest absolute Gasteiger partial charge is 0.496 e. The Morgan fingerprint density at radius 1 is 0.943 bits per heavy atom. The number of benzene rings is 2. The summed E-state index contributed by atoms with van der Waals surface area (Å²) in [7, 11) is 6.49. The minimum Gasteiger partial charge on any atom is -0.496 e. The van der Waals surface area contributed by atoms with Crippen molar-refractivity contribution >= 4 is 11.4 Å². The van der Waals surface area contributed by atoms with Crippen molar-refractivity contribution in [2.45, 2.75) is 25.4 Å². The smallest absolute Gasteiger partial charge is 0.166 e. The summed E-state index contributed by atoms with van der Waals surface area (Å²) in [6.07, 6.45) is 2.71. The van der Waals surface area contributed by atoms with Crippen molar-refractivity contribution in [3.05, 3.63) is 71.2 Å². The van der Waals surface area contributed by atoms with E-state index in [2.05, 4.69) is 4.98 Å². The summed E-state index contributed by atoms with van der Waals surface area (Å²) < 4.78 is 23.8. The number of rotatable bonds is 7. The molecule has 2 aromatic heterocycles. The number of Topliss-reactive ketones (excluding diaryl/α,β-unsaturated/α-hetero) is 1. The zero-order chi connectivity index (χ0) is 24.5. The molecule has 0 amide bonds. The highest BCUT2D eigenvalue weighted by atomic mass is 16.5. The van der Waals surface area contributed by atoms with Crippen LogP contribution in [-0.2, 0) is 17.8 Å². The van der Waals surface area contributed by atoms with Gasteiger partial charge in [-0.3, -0.25) is 4.79 Å². The highest BCUT2D eigenvalue weighted by Gasteiger charge is 2.32. The first kappa shape index (κ1) is 22.9. The van der Waals surface area contributed by atoms with Gasteiger partial charge in [-0.05, 0) is 35.7 Å². The topological polar surface area (TPSA) is 84.2 Å². The number of fused-ring (bicyclic) bond motifs is 3. The van der Waals surface area contributed by atoms with Crippen LogP contribution in [0.4, 0.5) is 0 Å². The van der Waals surface area contributed by atoms with Gasteiger partial charge in [0.05, 0.1) is 50.5 Å². The number of carbonyl (C=O) groups excluding carboxylic acids is 1. The van der Waals surface area contributed by atoms with Gasteiger partial charge in [-0.1, -0.05) is 24.3 Å². The van der Waals surface area contributed by atoms with E-state index in [0.29, 0.717) is 42.2 Å². The van der Waals surface area contributed by atoms with Gasteiger partial charge in [0.1, 0.15) is 5.75 Å². The molecule has 1 aliphatic carbocycles. The monoisotopic (exact) mass is 473 g/mol. The molecule has 0 spiro atoms. The Hall–Kier alpha value is -3.91. The lowest BCUT2D eigenvalue weighted by atomic mass is 9.81. The zero-order valence-corrected chi connectivity index (χ0v) is 20.2. The van der Waals surface area contributed by atoms with Gasteiger partial charge in [0.25, 0.3) is 0 Å². The molecule has 2 aromatic carbocycles. The van der Waals surface area contributed by atoms with E-state index in [4.69, 9.17) is 24.0 Å². The molecule has 0 saturated heterocycles. The SMILES string of the molecule is COCc1nn2c3c(cnc2c1-c1ccc(OC)c(OC)c1)C(=O)C[C@@H](c1ccccc1OC)C3. The number of para-hydroxylation sites is 1. The van der Waals surface area contributed by atoms with Crippen LogP contribution < -0.4 is 14.2 Å². The highest BCUT2D eigenvalue weighted by Crippen LogP contribution is 2.39. The Labute approximate surface area is 203 Å². The van der Waals surface area contributed by atoms with Crippen LogP contribution in [0.1, 0.15) is 39.6 Å². The van der Waals surface area contributed by atoms with Crippen LogP contribution in [0.15, 0.2) is 48.7 Å². The molecule has 0 saturated carbocycles. The van der Waals surface area contributed by atoms with Crippen molar-refractivity contribution in [3.63, 3.8) is 0 Å². The molecular formula is C27H27N3O5. The van der Waals surface area contributed by atoms with Gasteiger partial charge < -0.3 is 18.9 Å². The molecule has 2 heterocycles. The Morgan fingerprint density at radius 3 is 2.46 bits per heavy atom. The van der Waals surface area contributed by atoms with Crippen molar-refractivity contribution in [3.8, 4) is 28.4 Å². The van der Waals surface area contributed by atoms with E-state index < -0.39 is 0 Å². The number of nitrogens with zero attached hydrogens (tertiary/aromatic N) is 3. The molecule has 8 heteroatoms. The second-order valence-electron chi connectivity index (χ2n) is 8.45. The fourth-order valence-electron chi connectivity index (χ4n) is 4.89. The van der Waals surface area contributed by atoms with Crippen molar-refractivity contribution in [2.24, 2.45) is 0 Å². The summed E-state index contributed by atoms with van der Waals surface area (Å²) in [5, 5.41) is 4.87. The molecule has 1 atom stereocenters. The lowest BCUT2D eigenvalue weighted by Gasteiger charge is -2.25. The van der Waals surface area contributed by atoms with Crippen LogP contribution in [0.3, 0.4) is 0 Å². The fraction of sp³-hybridized carbons (Fsp3) is 0.296. The highest BCUT2D eigenvalue weighted by molar-refractivity contribution is 5.99. The van der Waals surface area contributed by atoms with Gasteiger partial charge in [0.15, 0.2) is 22.9 Å². The molecule has 35 heavy (non-hydrogen) atoms. The van der Waals surface area contributed by atoms with Crippen LogP contribution in [0.5, 0.6) is 17.2 Å². The first-order chi connectivity index (χ1) is 17.1. The van der Waals surface area contributed by atoms with Crippen LogP contribution in [0.2, 0.25) is 0 Å². The van der Waals surface area contributed by atoms with Gasteiger partial charge in [-0.2, -0.15) is 5.10 Å². The van der Waals surface area contributed by atoms with E-state index >= 15 is 0 Å². The average Bonchev–Trinajstić information content (AvgIpc) is 3.26. The first-order valence-corrected chi connectivity index (χ1v) is 11.4. The Bertz CT molecular complexity index is 1410. The fourth-order valence-corrected chi connectivity index (χ4v) is 4.89. The van der Waals surface area contributed by atoms with E-state index in [9.17, 15) is 4.79 Å². The zero-order valence-electron chi connectivity index (χ0n) is 20.2. The average molecular weight is 474 g/mol. The number of carbonyl (C=O) groups is 1. The lowest BCUT2D eigenvalue weighted by molar-refractivity contribution is 0.0961. The first-order valence-electron chi connectivity index (χ1n) is 11.4. The molecule has 0 bridgehead atoms. The normalized spacial score (nSPS) is 15.2. The second-order valence-corrected chi connectivity index (χ2v) is 8.45. The molecule has 4 aromatic rings. The van der Waals surface area contributed by atoms with Crippen molar-refractivity contribution in [2.75, 3.05) is 28.4 Å². The number of hydrogen-bond acceptors (Lipinski definition) is 7. The number of aromatic nitrogens is 3. The molecule has 0 aliphatic heterocycles. The van der Waals surface area contributed by atoms with Crippen LogP contribution >= 0.6 is 0 Å². The molecule has 180 valence electrons. The number of hydrogen-bond donors (Lipinski definition) is 0. The van der Waals surface area contributed by atoms with E-state index in [1.54, 1.807) is 39.2 Å². The van der Waals surface area contributed by atoms with Crippen molar-refractivity contribution in [1.82, 2.24) is 14.6 Å². The minimum atomic E-state index is -0.0173. The molecular weight excluding hydrogens is 446 g/mol. The summed E-state index contributed by atoms with van der Waals surface area (Å²) in [6, 6.07) is 13.6. The summed E-state index contributed by atoms with van der Waals surface area (Å²) >= 11 is 0. The Morgan fingerprint density at radius 2 is 1.71 bits per heavy atom. The molecule has 0 fully saturated rings. The Balaban J connectivity index is 1.68. The molecule has 0 unspecified atom stereocenters. The molecule has 8 nitrogen and oxygen atoms in total. The summed E-state index contributed by atoms with van der Waals surface area (Å²) in [4.78, 5) is 17.9. The lowest BCUT2D eigenvalue weighted by Crippen LogP contribution is -2.23. The quantitative estimate of drug-likeness (QED) is 0.391. The van der Waals surface area contributed by atoms with Gasteiger partial charge in [0, 0.05) is 25.6 Å². The molecule has 1 aliphatic rings. The maximum Gasteiger partial charge on any atom is 0.166 e. The summed E-state index contributed by atoms with van der Waals surface area (Å²) in [5.41, 5.74) is 5.57. The maximum absolute atomic E-state index is 13.2. The van der Waals surface area contributed by atoms with E-state index in [1.807, 2.05) is 42.5 Å². The molecule has 5 rings (SSSR count). The number of ketones is 1. The summed E-state index contributed by atoms with van der Waals surface area (Å²) in [5.74, 6) is 2.06. The van der Waals surface area contributed by atoms with Crippen LogP contribution in [-0.4, -0.2) is 48.8 Å². The predicted molar refractivity (Wildman–Crippen MR) is 131 cm³/mol. The van der Waals surface area contributed by atoms with Crippen molar-refractivity contribution < 1.29 is 23.7 Å². The maximum atomic E-state index is 13.2. The van der Waals surface area contributed by atoms with Crippen molar-refractivity contribution in [1.29, 1.82) is 0 Å². The van der Waals surface area contributed by atoms with Gasteiger partial charge in [-0.25, -0.2) is 9.50 Å². The standard InChI is InChI=1S/C27H27N3O5/c1-32-15-20-26(16-9-10-24(34-3)25(13-16)35-4)27-28-14-19-21(30(27)29-20)11-17(12-22(19)31)18-7-5-6-8-23(18)33-2/h5-10,13-14,17H,11-12,15H2,1-4H3/t17-/m0/s1. The third-order valence-corrected chi connectivity index (χ3v) is 6.52. The van der Waals surface area contributed by atoms with E-state index in [1.165, 1.54) is 0 Å². The van der Waals surface area contributed by atoms with Crippen LogP contribution in [0.25, 0.3) is 16.8 Å². The van der Waals surface area contributed by atoms with E-state index in [-0.39, 0.29) is 11.7 Å². The third-order valence-electron chi connectivity index (χ3n) is 6.52. The predicted octanol–water partition coefficient (Wildman–Crippen LogP) is 4.48. The number of ether oxygens (including phenoxy) is 4.